The van der Waals surface area contributed by atoms with Crippen molar-refractivity contribution in [1.82, 2.24) is 19.5 Å². The fourth-order valence-electron chi connectivity index (χ4n) is 6.34. The third kappa shape index (κ3) is 4.19. The van der Waals surface area contributed by atoms with E-state index in [-0.39, 0.29) is 5.63 Å². The molecule has 0 fully saturated rings. The average Bonchev–Trinajstić information content (AvgIpc) is 3.45. The van der Waals surface area contributed by atoms with Crippen molar-refractivity contribution in [2.45, 2.75) is 0 Å². The maximum Gasteiger partial charge on any atom is 0.344 e. The van der Waals surface area contributed by atoms with E-state index in [1.807, 2.05) is 109 Å². The Morgan fingerprint density at radius 3 is 1.70 bits per heavy atom. The molecule has 0 atom stereocenters. The molecule has 0 amide bonds. The predicted molar refractivity (Wildman–Crippen MR) is 184 cm³/mol. The van der Waals surface area contributed by atoms with Crippen LogP contribution in [0.1, 0.15) is 0 Å². The van der Waals surface area contributed by atoms with Crippen LogP contribution in [-0.4, -0.2) is 19.5 Å². The summed E-state index contributed by atoms with van der Waals surface area (Å²) in [5.41, 5.74) is 5.83. The summed E-state index contributed by atoms with van der Waals surface area (Å²) < 4.78 is 8.09. The van der Waals surface area contributed by atoms with Crippen LogP contribution in [0.2, 0.25) is 0 Å². The van der Waals surface area contributed by atoms with Crippen molar-refractivity contribution in [3.05, 3.63) is 156 Å². The highest BCUT2D eigenvalue weighted by Gasteiger charge is 2.18. The maximum atomic E-state index is 12.9. The molecule has 3 heterocycles. The minimum atomic E-state index is -0.342. The van der Waals surface area contributed by atoms with Crippen LogP contribution < -0.4 is 5.63 Å². The van der Waals surface area contributed by atoms with E-state index in [1.165, 1.54) is 0 Å². The van der Waals surface area contributed by atoms with Gasteiger partial charge in [0.15, 0.2) is 17.5 Å². The molecule has 0 aliphatic heterocycles. The van der Waals surface area contributed by atoms with Gasteiger partial charge < -0.3 is 8.98 Å². The molecule has 6 aromatic carbocycles. The molecule has 0 aliphatic carbocycles. The van der Waals surface area contributed by atoms with Crippen molar-refractivity contribution in [3.63, 3.8) is 0 Å². The molecule has 0 bridgehead atoms. The summed E-state index contributed by atoms with van der Waals surface area (Å²) in [4.78, 5) is 27.7. The second kappa shape index (κ2) is 10.4. The third-order valence-corrected chi connectivity index (χ3v) is 8.48. The average molecular weight is 593 g/mol. The zero-order valence-corrected chi connectivity index (χ0v) is 24.5. The van der Waals surface area contributed by atoms with Gasteiger partial charge in [-0.2, -0.15) is 0 Å². The molecule has 46 heavy (non-hydrogen) atoms. The summed E-state index contributed by atoms with van der Waals surface area (Å²) in [6, 6.07) is 48.2. The van der Waals surface area contributed by atoms with Gasteiger partial charge in [-0.05, 0) is 35.7 Å². The number of fused-ring (bicyclic) bond motifs is 6. The van der Waals surface area contributed by atoms with Gasteiger partial charge in [0, 0.05) is 44.6 Å². The topological polar surface area (TPSA) is 73.8 Å². The third-order valence-electron chi connectivity index (χ3n) is 8.48. The van der Waals surface area contributed by atoms with Crippen LogP contribution in [0.15, 0.2) is 155 Å². The van der Waals surface area contributed by atoms with Gasteiger partial charge in [0.25, 0.3) is 0 Å². The zero-order valence-electron chi connectivity index (χ0n) is 24.5. The highest BCUT2D eigenvalue weighted by Crippen LogP contribution is 2.37. The Hall–Kier alpha value is -6.40. The molecule has 6 heteroatoms. The van der Waals surface area contributed by atoms with Crippen LogP contribution in [0.4, 0.5) is 0 Å². The molecule has 0 spiro atoms. The molecular weight excluding hydrogens is 568 g/mol. The van der Waals surface area contributed by atoms with Crippen molar-refractivity contribution >= 4 is 43.5 Å². The lowest BCUT2D eigenvalue weighted by atomic mass is 10.0. The zero-order chi connectivity index (χ0) is 30.6. The fourth-order valence-corrected chi connectivity index (χ4v) is 6.34. The van der Waals surface area contributed by atoms with Crippen LogP contribution in [-0.2, 0) is 0 Å². The number of hydrogen-bond acceptors (Lipinski definition) is 5. The molecule has 0 radical (unpaired) electrons. The van der Waals surface area contributed by atoms with Crippen LogP contribution >= 0.6 is 0 Å². The number of hydrogen-bond donors (Lipinski definition) is 0. The summed E-state index contributed by atoms with van der Waals surface area (Å²) in [7, 11) is 0. The first kappa shape index (κ1) is 26.0. The summed E-state index contributed by atoms with van der Waals surface area (Å²) in [6.07, 6.45) is 0. The Labute approximate surface area is 262 Å². The Balaban J connectivity index is 1.28. The van der Waals surface area contributed by atoms with Gasteiger partial charge in [-0.15, -0.1) is 0 Å². The van der Waals surface area contributed by atoms with Crippen molar-refractivity contribution in [2.75, 3.05) is 0 Å². The minimum absolute atomic E-state index is 0.342. The Morgan fingerprint density at radius 2 is 1.00 bits per heavy atom. The van der Waals surface area contributed by atoms with E-state index in [0.717, 1.165) is 55.0 Å². The van der Waals surface area contributed by atoms with Crippen molar-refractivity contribution in [1.29, 1.82) is 0 Å². The molecule has 0 saturated heterocycles. The van der Waals surface area contributed by atoms with Gasteiger partial charge in [0.1, 0.15) is 5.58 Å². The molecule has 0 saturated carbocycles. The normalized spacial score (nSPS) is 11.6. The van der Waals surface area contributed by atoms with E-state index < -0.39 is 0 Å². The van der Waals surface area contributed by atoms with Crippen molar-refractivity contribution < 1.29 is 4.42 Å². The van der Waals surface area contributed by atoms with E-state index in [1.54, 1.807) is 0 Å². The second-order valence-electron chi connectivity index (χ2n) is 11.2. The Bertz CT molecular complexity index is 2600. The molecule has 3 aromatic heterocycles. The second-order valence-corrected chi connectivity index (χ2v) is 11.2. The number of rotatable bonds is 4. The summed E-state index contributed by atoms with van der Waals surface area (Å²) in [5, 5.41) is 4.55. The first-order valence-electron chi connectivity index (χ1n) is 15.1. The van der Waals surface area contributed by atoms with Crippen molar-refractivity contribution in [3.8, 4) is 39.9 Å². The highest BCUT2D eigenvalue weighted by atomic mass is 16.4. The quantitative estimate of drug-likeness (QED) is 0.150. The molecule has 0 N–H and O–H groups in total. The monoisotopic (exact) mass is 592 g/mol. The van der Waals surface area contributed by atoms with Gasteiger partial charge in [0.05, 0.1) is 16.4 Å². The maximum absolute atomic E-state index is 12.9. The van der Waals surface area contributed by atoms with E-state index in [9.17, 15) is 4.79 Å². The SMILES string of the molecule is O=c1oc2cc3c(cc2c2ccccc12)c1ccccc1n3-c1cccc(-c2nc(-c3ccccc3)nc(-c3ccccc3)n2)c1. The Kier molecular flexibility index (Phi) is 5.86. The lowest BCUT2D eigenvalue weighted by Gasteiger charge is -2.12. The molecule has 6 nitrogen and oxygen atoms in total. The Morgan fingerprint density at radius 1 is 0.435 bits per heavy atom. The van der Waals surface area contributed by atoms with Crippen molar-refractivity contribution in [2.24, 2.45) is 0 Å². The molecule has 9 aromatic rings. The van der Waals surface area contributed by atoms with E-state index in [4.69, 9.17) is 19.4 Å². The first-order chi connectivity index (χ1) is 22.7. The molecule has 216 valence electrons. The highest BCUT2D eigenvalue weighted by molar-refractivity contribution is 6.16. The van der Waals surface area contributed by atoms with Crippen LogP contribution in [0.25, 0.3) is 83.4 Å². The first-order valence-corrected chi connectivity index (χ1v) is 15.1. The van der Waals surface area contributed by atoms with E-state index in [2.05, 4.69) is 41.0 Å². The fraction of sp³-hybridized carbons (Fsp3) is 0. The standard InChI is InChI=1S/C40H24N4O2/c45-40-31-20-8-7-18-29(31)33-23-32-30-19-9-10-21-34(30)44(35(32)24-36(33)46-40)28-17-11-16-27(22-28)39-42-37(25-12-3-1-4-13-25)41-38(43-39)26-14-5-2-6-15-26/h1-24H. The summed E-state index contributed by atoms with van der Waals surface area (Å²) in [5.74, 6) is 1.80. The van der Waals surface area contributed by atoms with Gasteiger partial charge in [-0.1, -0.05) is 109 Å². The van der Waals surface area contributed by atoms with Gasteiger partial charge in [0.2, 0.25) is 0 Å². The van der Waals surface area contributed by atoms with Crippen LogP contribution in [0.3, 0.4) is 0 Å². The van der Waals surface area contributed by atoms with Gasteiger partial charge >= 0.3 is 5.63 Å². The lowest BCUT2D eigenvalue weighted by Crippen LogP contribution is -2.01. The minimum Gasteiger partial charge on any atom is -0.422 e. The summed E-state index contributed by atoms with van der Waals surface area (Å²) in [6.45, 7) is 0. The van der Waals surface area contributed by atoms with Crippen LogP contribution in [0, 0.1) is 0 Å². The number of benzene rings is 6. The molecule has 9 rings (SSSR count). The smallest absolute Gasteiger partial charge is 0.344 e. The summed E-state index contributed by atoms with van der Waals surface area (Å²) >= 11 is 0. The van der Waals surface area contributed by atoms with E-state index in [0.29, 0.717) is 28.4 Å². The van der Waals surface area contributed by atoms with Gasteiger partial charge in [-0.25, -0.2) is 19.7 Å². The number of nitrogens with zero attached hydrogens (tertiary/aromatic N) is 4. The number of aromatic nitrogens is 4. The van der Waals surface area contributed by atoms with E-state index >= 15 is 0 Å². The van der Waals surface area contributed by atoms with Gasteiger partial charge in [-0.3, -0.25) is 0 Å². The predicted octanol–water partition coefficient (Wildman–Crippen LogP) is 9.23. The molecular formula is C40H24N4O2. The largest absolute Gasteiger partial charge is 0.422 e. The lowest BCUT2D eigenvalue weighted by molar-refractivity contribution is 0.570. The van der Waals surface area contributed by atoms with Crippen LogP contribution in [0.5, 0.6) is 0 Å². The molecule has 0 unspecified atom stereocenters. The molecule has 0 aliphatic rings. The number of para-hydroxylation sites is 1.